The number of anilines is 1. The smallest absolute Gasteiger partial charge is 0.234 e. The number of nitrogens with zero attached hydrogens (tertiary/aromatic N) is 1. The molecule has 4 nitrogen and oxygen atoms in total. The molecule has 1 aromatic heterocycles. The molecule has 0 unspecified atom stereocenters. The van der Waals surface area contributed by atoms with Crippen molar-refractivity contribution in [3.8, 4) is 11.4 Å². The van der Waals surface area contributed by atoms with Gasteiger partial charge in [-0.2, -0.15) is 4.39 Å². The average molecular weight is 245 g/mol. The Hall–Kier alpha value is -2.17. The molecule has 1 aliphatic rings. The van der Waals surface area contributed by atoms with Gasteiger partial charge in [0.05, 0.1) is 5.69 Å². The SMILES string of the molecule is Cc1[nH]c(-c2ccc3c(c2)CCC(=O)N3)nc1F. The second-order valence-electron chi connectivity index (χ2n) is 4.42. The lowest BCUT2D eigenvalue weighted by Crippen LogP contribution is -2.18. The fourth-order valence-electron chi connectivity index (χ4n) is 2.11. The van der Waals surface area contributed by atoms with E-state index >= 15 is 0 Å². The number of carbonyl (C=O) groups excluding carboxylic acids is 1. The Morgan fingerprint density at radius 2 is 2.17 bits per heavy atom. The summed E-state index contributed by atoms with van der Waals surface area (Å²) in [5, 5.41) is 2.81. The molecule has 1 aromatic carbocycles. The molecule has 18 heavy (non-hydrogen) atoms. The van der Waals surface area contributed by atoms with Crippen LogP contribution in [-0.4, -0.2) is 15.9 Å². The molecule has 0 spiro atoms. The zero-order valence-electron chi connectivity index (χ0n) is 9.88. The number of aromatic amines is 1. The molecule has 2 heterocycles. The van der Waals surface area contributed by atoms with E-state index in [1.807, 2.05) is 18.2 Å². The second kappa shape index (κ2) is 3.94. The van der Waals surface area contributed by atoms with Gasteiger partial charge in [-0.15, -0.1) is 0 Å². The van der Waals surface area contributed by atoms with Crippen LogP contribution in [0.15, 0.2) is 18.2 Å². The number of H-pyrrole nitrogens is 1. The van der Waals surface area contributed by atoms with Gasteiger partial charge >= 0.3 is 0 Å². The van der Waals surface area contributed by atoms with Crippen LogP contribution >= 0.6 is 0 Å². The molecule has 3 rings (SSSR count). The van der Waals surface area contributed by atoms with Crippen molar-refractivity contribution in [3.63, 3.8) is 0 Å². The van der Waals surface area contributed by atoms with E-state index < -0.39 is 5.95 Å². The Kier molecular flexibility index (Phi) is 2.40. The van der Waals surface area contributed by atoms with E-state index in [4.69, 9.17) is 0 Å². The van der Waals surface area contributed by atoms with Gasteiger partial charge in [-0.3, -0.25) is 4.79 Å². The monoisotopic (exact) mass is 245 g/mol. The summed E-state index contributed by atoms with van der Waals surface area (Å²) in [6.45, 7) is 1.64. The van der Waals surface area contributed by atoms with Crippen LogP contribution in [0, 0.1) is 12.9 Å². The number of benzene rings is 1. The minimum Gasteiger partial charge on any atom is -0.340 e. The maximum atomic E-state index is 13.2. The maximum absolute atomic E-state index is 13.2. The number of aromatic nitrogens is 2. The van der Waals surface area contributed by atoms with E-state index in [-0.39, 0.29) is 5.91 Å². The van der Waals surface area contributed by atoms with Gasteiger partial charge in [0.15, 0.2) is 0 Å². The number of imidazole rings is 1. The maximum Gasteiger partial charge on any atom is 0.234 e. The molecule has 0 fully saturated rings. The van der Waals surface area contributed by atoms with Crippen LogP contribution in [0.4, 0.5) is 10.1 Å². The Morgan fingerprint density at radius 1 is 1.33 bits per heavy atom. The van der Waals surface area contributed by atoms with E-state index in [1.165, 1.54) is 0 Å². The Labute approximate surface area is 103 Å². The Morgan fingerprint density at radius 3 is 2.89 bits per heavy atom. The molecule has 0 saturated carbocycles. The lowest BCUT2D eigenvalue weighted by atomic mass is 10.0. The van der Waals surface area contributed by atoms with Crippen LogP contribution in [0.5, 0.6) is 0 Å². The van der Waals surface area contributed by atoms with Crippen molar-refractivity contribution in [2.45, 2.75) is 19.8 Å². The van der Waals surface area contributed by atoms with E-state index in [2.05, 4.69) is 15.3 Å². The van der Waals surface area contributed by atoms with Crippen molar-refractivity contribution in [1.29, 1.82) is 0 Å². The summed E-state index contributed by atoms with van der Waals surface area (Å²) in [6, 6.07) is 5.59. The number of nitrogens with one attached hydrogen (secondary N) is 2. The zero-order chi connectivity index (χ0) is 12.7. The molecule has 0 atom stereocenters. The van der Waals surface area contributed by atoms with Crippen molar-refractivity contribution in [3.05, 3.63) is 35.4 Å². The third kappa shape index (κ3) is 1.77. The van der Waals surface area contributed by atoms with Gasteiger partial charge in [0.25, 0.3) is 0 Å². The standard InChI is InChI=1S/C13H12FN3O/c1-7-12(14)17-13(15-7)9-2-4-10-8(6-9)3-5-11(18)16-10/h2,4,6H,3,5H2,1H3,(H,15,17)(H,16,18). The van der Waals surface area contributed by atoms with E-state index in [9.17, 15) is 9.18 Å². The first kappa shape index (κ1) is 11.0. The van der Waals surface area contributed by atoms with E-state index in [0.717, 1.165) is 16.8 Å². The number of fused-ring (bicyclic) bond motifs is 1. The first-order valence-corrected chi connectivity index (χ1v) is 5.79. The molecule has 0 saturated heterocycles. The number of aryl methyl sites for hydroxylation is 2. The van der Waals surface area contributed by atoms with Gasteiger partial charge in [-0.25, -0.2) is 4.98 Å². The normalized spacial score (nSPS) is 14.2. The van der Waals surface area contributed by atoms with Crippen LogP contribution in [0.2, 0.25) is 0 Å². The molecular formula is C13H12FN3O. The summed E-state index contributed by atoms with van der Waals surface area (Å²) in [4.78, 5) is 18.0. The summed E-state index contributed by atoms with van der Waals surface area (Å²) in [6.07, 6.45) is 1.19. The minimum absolute atomic E-state index is 0.0372. The number of amides is 1. The molecule has 92 valence electrons. The van der Waals surface area contributed by atoms with Crippen LogP contribution in [0.25, 0.3) is 11.4 Å². The van der Waals surface area contributed by atoms with Crippen molar-refractivity contribution in [1.82, 2.24) is 9.97 Å². The highest BCUT2D eigenvalue weighted by molar-refractivity contribution is 5.94. The molecule has 2 aromatic rings. The number of rotatable bonds is 1. The number of carbonyl (C=O) groups is 1. The summed E-state index contributed by atoms with van der Waals surface area (Å²) in [7, 11) is 0. The summed E-state index contributed by atoms with van der Waals surface area (Å²) >= 11 is 0. The van der Waals surface area contributed by atoms with Gasteiger partial charge in [0.1, 0.15) is 5.82 Å². The van der Waals surface area contributed by atoms with Crippen molar-refractivity contribution >= 4 is 11.6 Å². The van der Waals surface area contributed by atoms with Crippen LogP contribution in [0.3, 0.4) is 0 Å². The largest absolute Gasteiger partial charge is 0.340 e. The highest BCUT2D eigenvalue weighted by Crippen LogP contribution is 2.27. The quantitative estimate of drug-likeness (QED) is 0.810. The summed E-state index contributed by atoms with van der Waals surface area (Å²) < 4.78 is 13.2. The van der Waals surface area contributed by atoms with Gasteiger partial charge in [-0.1, -0.05) is 0 Å². The van der Waals surface area contributed by atoms with Crippen molar-refractivity contribution in [2.24, 2.45) is 0 Å². The van der Waals surface area contributed by atoms with Crippen LogP contribution in [0.1, 0.15) is 17.7 Å². The highest BCUT2D eigenvalue weighted by atomic mass is 19.1. The Bertz CT molecular complexity index is 614. The topological polar surface area (TPSA) is 57.8 Å². The third-order valence-corrected chi connectivity index (χ3v) is 3.10. The third-order valence-electron chi connectivity index (χ3n) is 3.10. The molecule has 2 N–H and O–H groups in total. The fraction of sp³-hybridized carbons (Fsp3) is 0.231. The molecule has 1 amide bonds. The van der Waals surface area contributed by atoms with Crippen molar-refractivity contribution < 1.29 is 9.18 Å². The zero-order valence-corrected chi connectivity index (χ0v) is 9.88. The van der Waals surface area contributed by atoms with E-state index in [0.29, 0.717) is 24.4 Å². The molecule has 0 radical (unpaired) electrons. The predicted molar refractivity (Wildman–Crippen MR) is 65.7 cm³/mol. The first-order valence-electron chi connectivity index (χ1n) is 5.79. The lowest BCUT2D eigenvalue weighted by molar-refractivity contribution is -0.116. The number of hydrogen-bond acceptors (Lipinski definition) is 2. The molecular weight excluding hydrogens is 233 g/mol. The highest BCUT2D eigenvalue weighted by Gasteiger charge is 2.16. The minimum atomic E-state index is -0.476. The average Bonchev–Trinajstić information content (AvgIpc) is 2.69. The van der Waals surface area contributed by atoms with Gasteiger partial charge in [-0.05, 0) is 37.1 Å². The first-order chi connectivity index (χ1) is 8.63. The number of halogens is 1. The van der Waals surface area contributed by atoms with Crippen LogP contribution in [-0.2, 0) is 11.2 Å². The molecule has 0 aliphatic carbocycles. The van der Waals surface area contributed by atoms with Gasteiger partial charge in [0, 0.05) is 17.7 Å². The second-order valence-corrected chi connectivity index (χ2v) is 4.42. The fourth-order valence-corrected chi connectivity index (χ4v) is 2.11. The molecule has 0 bridgehead atoms. The van der Waals surface area contributed by atoms with Crippen molar-refractivity contribution in [2.75, 3.05) is 5.32 Å². The predicted octanol–water partition coefficient (Wildman–Crippen LogP) is 2.41. The number of hydrogen-bond donors (Lipinski definition) is 2. The molecule has 1 aliphatic heterocycles. The molecule has 5 heteroatoms. The van der Waals surface area contributed by atoms with Crippen LogP contribution < -0.4 is 5.32 Å². The lowest BCUT2D eigenvalue weighted by Gasteiger charge is -2.17. The van der Waals surface area contributed by atoms with Gasteiger partial charge in [0.2, 0.25) is 11.9 Å². The van der Waals surface area contributed by atoms with Gasteiger partial charge < -0.3 is 10.3 Å². The summed E-state index contributed by atoms with van der Waals surface area (Å²) in [5.74, 6) is 0.0795. The van der Waals surface area contributed by atoms with E-state index in [1.54, 1.807) is 6.92 Å². The Balaban J connectivity index is 2.02. The summed E-state index contributed by atoms with van der Waals surface area (Å²) in [5.41, 5.74) is 3.15.